The van der Waals surface area contributed by atoms with Gasteiger partial charge in [0, 0.05) is 51.3 Å². The third-order valence-corrected chi connectivity index (χ3v) is 16.8. The molecule has 7 rings (SSSR count). The molecule has 22 heteroatoms. The summed E-state index contributed by atoms with van der Waals surface area (Å²) in [4.78, 5) is 69.6. The zero-order valence-electron chi connectivity index (χ0n) is 38.0. The highest BCUT2D eigenvalue weighted by Gasteiger charge is 2.46. The predicted molar refractivity (Wildman–Crippen MR) is 254 cm³/mol. The van der Waals surface area contributed by atoms with Crippen LogP contribution in [0.15, 0.2) is 46.6 Å². The molecule has 2 saturated heterocycles. The maximum Gasteiger partial charge on any atom is 0.269 e. The van der Waals surface area contributed by atoms with Crippen molar-refractivity contribution in [2.45, 2.75) is 115 Å². The van der Waals surface area contributed by atoms with Crippen molar-refractivity contribution >= 4 is 78.4 Å². The smallest absolute Gasteiger partial charge is 0.269 e. The van der Waals surface area contributed by atoms with E-state index in [2.05, 4.69) is 57.2 Å². The molecule has 1 saturated carbocycles. The van der Waals surface area contributed by atoms with E-state index in [-0.39, 0.29) is 36.7 Å². The number of nitrogens with two attached hydrogens (primary N) is 1. The second-order valence-corrected chi connectivity index (χ2v) is 22.5. The lowest BCUT2D eigenvalue weighted by Gasteiger charge is -2.38. The van der Waals surface area contributed by atoms with Gasteiger partial charge < -0.3 is 37.0 Å². The highest BCUT2D eigenvalue weighted by Crippen LogP contribution is 2.34. The number of piperidine rings is 1. The molecule has 2 aliphatic heterocycles. The molecule has 0 radical (unpaired) electrons. The monoisotopic (exact) mass is 1010 g/mol. The molecule has 4 aromatic rings. The van der Waals surface area contributed by atoms with Gasteiger partial charge in [-0.3, -0.25) is 23.9 Å². The lowest BCUT2D eigenvalue weighted by Crippen LogP contribution is -2.58. The van der Waals surface area contributed by atoms with E-state index in [0.29, 0.717) is 73.5 Å². The van der Waals surface area contributed by atoms with Crippen molar-refractivity contribution in [1.82, 2.24) is 44.6 Å². The van der Waals surface area contributed by atoms with E-state index in [1.54, 1.807) is 24.6 Å². The third-order valence-electron chi connectivity index (χ3n) is 12.8. The Balaban J connectivity index is 0.903. The van der Waals surface area contributed by atoms with Crippen molar-refractivity contribution in [1.29, 1.82) is 0 Å². The number of nitrogens with one attached hydrogen (secondary N) is 4. The minimum absolute atomic E-state index is 0.0451. The first-order chi connectivity index (χ1) is 31.2. The van der Waals surface area contributed by atoms with Crippen LogP contribution in [-0.4, -0.2) is 120 Å². The molecule has 1 aliphatic carbocycles. The topological polar surface area (TPSA) is 260 Å². The Bertz CT molecular complexity index is 2530. The Morgan fingerprint density at radius 2 is 1.65 bits per heavy atom. The number of thiazole rings is 1. The van der Waals surface area contributed by atoms with Crippen LogP contribution in [0.2, 0.25) is 0 Å². The number of benzene rings is 1. The number of aromatic nitrogens is 5. The van der Waals surface area contributed by atoms with Gasteiger partial charge in [0.1, 0.15) is 23.6 Å². The summed E-state index contributed by atoms with van der Waals surface area (Å²) in [6.45, 7) is 9.91. The number of likely N-dealkylation sites (tertiary alicyclic amines) is 1. The normalized spacial score (nSPS) is 21.8. The molecule has 0 spiro atoms. The minimum atomic E-state index is -3.66. The SMILES string of the molecule is Cc1ncsc1-c1ccc([C@H](C)NC(=O)C2C[C@@H](O)CN2C(=O)[C@@H](NC(=O)C2CCC(S(=O)(=O)N3CCC(Nc4ncc(Br)c(Nc5cnn(C)c5C(N)=O)n4)CC3)CC2)C(C)(C)C)cc1. The van der Waals surface area contributed by atoms with Crippen molar-refractivity contribution in [3.63, 3.8) is 0 Å². The van der Waals surface area contributed by atoms with Crippen LogP contribution in [0.5, 0.6) is 0 Å². The molecular formula is C44H59BrN12O7S2. The Labute approximate surface area is 397 Å². The van der Waals surface area contributed by atoms with Gasteiger partial charge in [-0.25, -0.2) is 22.7 Å². The number of carbonyl (C=O) groups is 4. The fraction of sp³-hybridized carbons (Fsp3) is 0.545. The van der Waals surface area contributed by atoms with E-state index in [1.165, 1.54) is 20.1 Å². The van der Waals surface area contributed by atoms with Crippen LogP contribution in [0, 0.1) is 18.3 Å². The summed E-state index contributed by atoms with van der Waals surface area (Å²) in [5.74, 6) is -1.60. The van der Waals surface area contributed by atoms with Crippen molar-refractivity contribution in [3.05, 3.63) is 63.6 Å². The lowest BCUT2D eigenvalue weighted by atomic mass is 9.83. The number of primary amides is 1. The molecule has 19 nitrogen and oxygen atoms in total. The summed E-state index contributed by atoms with van der Waals surface area (Å²) < 4.78 is 31.3. The molecular weight excluding hydrogens is 953 g/mol. The number of hydrogen-bond donors (Lipinski definition) is 6. The fourth-order valence-corrected chi connectivity index (χ4v) is 12.1. The summed E-state index contributed by atoms with van der Waals surface area (Å²) in [6.07, 6.45) is 4.52. The molecule has 1 aromatic carbocycles. The van der Waals surface area contributed by atoms with E-state index in [1.807, 2.05) is 64.4 Å². The summed E-state index contributed by atoms with van der Waals surface area (Å²) in [7, 11) is -2.05. The molecule has 0 bridgehead atoms. The molecule has 4 amide bonds. The fourth-order valence-electron chi connectivity index (χ4n) is 9.02. The maximum atomic E-state index is 14.3. The molecule has 1 unspecified atom stereocenters. The number of nitrogens with zero attached hydrogens (tertiary/aromatic N) is 7. The van der Waals surface area contributed by atoms with Crippen molar-refractivity contribution < 1.29 is 32.7 Å². The van der Waals surface area contributed by atoms with E-state index in [0.717, 1.165) is 21.7 Å². The Morgan fingerprint density at radius 3 is 2.27 bits per heavy atom. The van der Waals surface area contributed by atoms with Gasteiger partial charge in [0.2, 0.25) is 33.7 Å². The number of rotatable bonds is 14. The number of β-amino-alcohol motifs (C(OH)–C–C–N with tert-alkyl or cyclic N) is 1. The Hall–Kier alpha value is -5.03. The number of sulfonamides is 1. The van der Waals surface area contributed by atoms with Crippen molar-refractivity contribution in [3.8, 4) is 10.4 Å². The zero-order chi connectivity index (χ0) is 47.7. The van der Waals surface area contributed by atoms with Crippen LogP contribution in [-0.2, 0) is 31.5 Å². The summed E-state index contributed by atoms with van der Waals surface area (Å²) >= 11 is 5.00. The van der Waals surface area contributed by atoms with Crippen LogP contribution in [0.25, 0.3) is 10.4 Å². The summed E-state index contributed by atoms with van der Waals surface area (Å²) in [5.41, 5.74) is 10.0. The quantitative estimate of drug-likeness (QED) is 0.103. The minimum Gasteiger partial charge on any atom is -0.391 e. The predicted octanol–water partition coefficient (Wildman–Crippen LogP) is 4.38. The van der Waals surface area contributed by atoms with E-state index < -0.39 is 62.5 Å². The second kappa shape index (κ2) is 20.1. The van der Waals surface area contributed by atoms with Gasteiger partial charge in [0.25, 0.3) is 5.91 Å². The van der Waals surface area contributed by atoms with Crippen LogP contribution in [0.1, 0.15) is 100 Å². The number of anilines is 3. The van der Waals surface area contributed by atoms with Crippen molar-refractivity contribution in [2.24, 2.45) is 24.1 Å². The Kier molecular flexibility index (Phi) is 14.9. The van der Waals surface area contributed by atoms with Crippen LogP contribution < -0.4 is 27.0 Å². The lowest BCUT2D eigenvalue weighted by molar-refractivity contribution is -0.144. The number of aryl methyl sites for hydroxylation is 2. The Morgan fingerprint density at radius 1 is 0.970 bits per heavy atom. The summed E-state index contributed by atoms with van der Waals surface area (Å²) in [6, 6.07) is 5.49. The number of carbonyl (C=O) groups excluding carboxylic acids is 4. The molecule has 356 valence electrons. The number of aliphatic hydroxyl groups excluding tert-OH is 1. The van der Waals surface area contributed by atoms with Gasteiger partial charge in [0.05, 0.1) is 49.8 Å². The molecule has 3 fully saturated rings. The standard InChI is InChI=1S/C44H59BrN12O7S2/c1-24(26-7-9-27(10-8-26)36-25(2)48-23-65-36)50-41(61)34-19-30(58)22-57(34)42(62)37(44(3,4)5)53-40(60)28-11-13-31(14-12-28)66(63,64)56-17-15-29(16-18-56)51-43-47-20-32(45)39(54-43)52-33-21-49-55(6)35(33)38(46)59/h7-10,20-21,23-24,28-31,34,37,58H,11-19,22H2,1-6H3,(H2,46,59)(H,50,61)(H,53,60)(H2,47,51,52,54)/t24-,28?,30+,31?,34?,37+/m0/s1. The molecule has 7 N–H and O–H groups in total. The first kappa shape index (κ1) is 48.9. The third kappa shape index (κ3) is 10.9. The van der Waals surface area contributed by atoms with Gasteiger partial charge in [-0.05, 0) is 84.8 Å². The largest absolute Gasteiger partial charge is 0.391 e. The van der Waals surface area contributed by atoms with Gasteiger partial charge in [0.15, 0.2) is 0 Å². The zero-order valence-corrected chi connectivity index (χ0v) is 41.2. The highest BCUT2D eigenvalue weighted by atomic mass is 79.9. The summed E-state index contributed by atoms with van der Waals surface area (Å²) in [5, 5.41) is 26.6. The van der Waals surface area contributed by atoms with E-state index in [9.17, 15) is 32.7 Å². The van der Waals surface area contributed by atoms with Crippen LogP contribution in [0.3, 0.4) is 0 Å². The van der Waals surface area contributed by atoms with Crippen LogP contribution in [0.4, 0.5) is 17.5 Å². The van der Waals surface area contributed by atoms with E-state index in [4.69, 9.17) is 5.73 Å². The molecule has 66 heavy (non-hydrogen) atoms. The average Bonchev–Trinajstić information content (AvgIpc) is 4.00. The van der Waals surface area contributed by atoms with E-state index >= 15 is 0 Å². The second-order valence-electron chi connectivity index (χ2n) is 18.6. The number of hydrogen-bond acceptors (Lipinski definition) is 14. The van der Waals surface area contributed by atoms with Gasteiger partial charge in [-0.2, -0.15) is 10.1 Å². The number of halogens is 1. The number of amides is 4. The van der Waals surface area contributed by atoms with Gasteiger partial charge >= 0.3 is 0 Å². The first-order valence-corrected chi connectivity index (χ1v) is 25.3. The van der Waals surface area contributed by atoms with Crippen LogP contribution >= 0.6 is 27.3 Å². The molecule has 4 atom stereocenters. The highest BCUT2D eigenvalue weighted by molar-refractivity contribution is 9.10. The van der Waals surface area contributed by atoms with Gasteiger partial charge in [-0.1, -0.05) is 45.0 Å². The number of aliphatic hydroxyl groups is 1. The first-order valence-electron chi connectivity index (χ1n) is 22.2. The molecule has 5 heterocycles. The molecule has 3 aromatic heterocycles. The molecule has 3 aliphatic rings. The maximum absolute atomic E-state index is 14.3. The van der Waals surface area contributed by atoms with Gasteiger partial charge in [-0.15, -0.1) is 11.3 Å². The van der Waals surface area contributed by atoms with Crippen molar-refractivity contribution in [2.75, 3.05) is 30.3 Å². The average molecular weight is 1010 g/mol.